The summed E-state index contributed by atoms with van der Waals surface area (Å²) in [5.74, 6) is -1.10. The number of fused-ring (bicyclic) bond motifs is 2. The van der Waals surface area contributed by atoms with E-state index in [0.717, 1.165) is 41.2 Å². The van der Waals surface area contributed by atoms with Crippen LogP contribution in [-0.2, 0) is 20.7 Å². The molecule has 20 heteroatoms. The number of nitrogens with one attached hydrogen (secondary N) is 2. The first-order valence-electron chi connectivity index (χ1n) is 22.5. The van der Waals surface area contributed by atoms with Crippen LogP contribution in [0.5, 0.6) is 5.75 Å². The van der Waals surface area contributed by atoms with Crippen molar-refractivity contribution in [3.05, 3.63) is 87.5 Å². The molecule has 3 aromatic heterocycles. The van der Waals surface area contributed by atoms with Gasteiger partial charge in [0.2, 0.25) is 11.7 Å². The first-order valence-corrected chi connectivity index (χ1v) is 23.3. The van der Waals surface area contributed by atoms with Crippen LogP contribution in [-0.4, -0.2) is 142 Å². The number of amides is 3. The number of aromatic nitrogens is 5. The minimum atomic E-state index is -1.02. The highest BCUT2D eigenvalue weighted by molar-refractivity contribution is 7.11. The molecule has 1 aromatic carbocycles. The number of hydrogen-bond acceptors (Lipinski definition) is 15. The number of amidine groups is 1. The molecule has 0 aliphatic carbocycles. The fraction of sp³-hybridized carbons (Fsp3) is 0.500. The number of aliphatic imine (C=N–C) groups is 1. The molecular formula is C46H56F2N12O5S. The maximum atomic E-state index is 14.9. The van der Waals surface area contributed by atoms with Crippen molar-refractivity contribution in [3.8, 4) is 17.4 Å². The van der Waals surface area contributed by atoms with E-state index in [-0.39, 0.29) is 49.3 Å². The minimum Gasteiger partial charge on any atom is -0.490 e. The minimum absolute atomic E-state index is 0.0191. The highest BCUT2D eigenvalue weighted by atomic mass is 32.1. The van der Waals surface area contributed by atoms with Gasteiger partial charge >= 0.3 is 12.0 Å². The Morgan fingerprint density at radius 1 is 0.985 bits per heavy atom. The maximum Gasteiger partial charge on any atom is 0.337 e. The van der Waals surface area contributed by atoms with Crippen molar-refractivity contribution in [1.29, 1.82) is 0 Å². The monoisotopic (exact) mass is 926 g/mol. The van der Waals surface area contributed by atoms with Crippen LogP contribution in [0.2, 0.25) is 0 Å². The highest BCUT2D eigenvalue weighted by Gasteiger charge is 2.43. The van der Waals surface area contributed by atoms with Gasteiger partial charge in [-0.25, -0.2) is 38.9 Å². The van der Waals surface area contributed by atoms with Crippen molar-refractivity contribution < 1.29 is 32.6 Å². The summed E-state index contributed by atoms with van der Waals surface area (Å²) in [4.78, 5) is 73.8. The molecule has 7 heterocycles. The molecule has 2 fully saturated rings. The number of methoxy groups -OCH3 is 1. The Hall–Kier alpha value is -6.15. The Morgan fingerprint density at radius 3 is 2.59 bits per heavy atom. The maximum absolute atomic E-state index is 14.9. The predicted octanol–water partition coefficient (Wildman–Crippen LogP) is 5.16. The van der Waals surface area contributed by atoms with E-state index in [1.165, 1.54) is 24.5 Å². The standard InChI is InChI=1S/C46H56F2N12O5S/c1-29-32-23-53-41(40-50-12-9-13-51-40)55-35(32)10-15-59(29)30-20-34(47)39(48)37(21-30)65-18-8-6-5-7-11-49-38(61)22-46(2,3)28-58-26-31-25-57(16-17-60(31)45(58)63)27-36-33(44(62)64-4)24-54-42(56-36)43-52-14-19-66-43/h9,12-14,19-21,23,29,31H,5-8,10-11,15-18,22,24-28H2,1-4H3,(H,49,61)(H,54,56). The second-order valence-electron chi connectivity index (χ2n) is 17.8. The summed E-state index contributed by atoms with van der Waals surface area (Å²) in [6, 6.07) is 4.26. The summed E-state index contributed by atoms with van der Waals surface area (Å²) in [5, 5.41) is 8.97. The van der Waals surface area contributed by atoms with E-state index in [4.69, 9.17) is 14.5 Å². The quantitative estimate of drug-likeness (QED) is 0.0987. The summed E-state index contributed by atoms with van der Waals surface area (Å²) in [5.41, 5.74) is 3.04. The third-order valence-electron chi connectivity index (χ3n) is 12.4. The van der Waals surface area contributed by atoms with Crippen molar-refractivity contribution in [2.45, 2.75) is 71.4 Å². The highest BCUT2D eigenvalue weighted by Crippen LogP contribution is 2.36. The number of carbonyl (C=O) groups is 3. The number of urea groups is 1. The summed E-state index contributed by atoms with van der Waals surface area (Å²) in [6.45, 7) is 10.8. The Bertz CT molecular complexity index is 2460. The van der Waals surface area contributed by atoms with Gasteiger partial charge in [0.1, 0.15) is 0 Å². The van der Waals surface area contributed by atoms with Crippen molar-refractivity contribution in [2.24, 2.45) is 10.4 Å². The van der Waals surface area contributed by atoms with E-state index < -0.39 is 23.0 Å². The number of unbranched alkanes of at least 4 members (excludes halogenated alkanes) is 3. The molecule has 0 saturated carbocycles. The molecule has 2 unspecified atom stereocenters. The lowest BCUT2D eigenvalue weighted by atomic mass is 9.88. The molecule has 0 bridgehead atoms. The fourth-order valence-electron chi connectivity index (χ4n) is 9.08. The number of thiazole rings is 1. The van der Waals surface area contributed by atoms with Gasteiger partial charge in [-0.3, -0.25) is 14.7 Å². The molecule has 350 valence electrons. The van der Waals surface area contributed by atoms with Crippen LogP contribution in [0.25, 0.3) is 11.6 Å². The van der Waals surface area contributed by atoms with E-state index in [0.29, 0.717) is 93.9 Å². The normalized spacial score (nSPS) is 18.7. The first kappa shape index (κ1) is 46.4. The molecule has 2 saturated heterocycles. The Labute approximate surface area is 386 Å². The van der Waals surface area contributed by atoms with Gasteiger partial charge in [0.15, 0.2) is 34.1 Å². The van der Waals surface area contributed by atoms with Gasteiger partial charge < -0.3 is 34.8 Å². The van der Waals surface area contributed by atoms with Gasteiger partial charge in [-0.2, -0.15) is 4.39 Å². The van der Waals surface area contributed by atoms with Crippen LogP contribution in [0.15, 0.2) is 64.6 Å². The Balaban J connectivity index is 0.736. The van der Waals surface area contributed by atoms with E-state index >= 15 is 0 Å². The van der Waals surface area contributed by atoms with Crippen LogP contribution in [0, 0.1) is 17.0 Å². The van der Waals surface area contributed by atoms with Crippen LogP contribution in [0.3, 0.4) is 0 Å². The van der Waals surface area contributed by atoms with Crippen molar-refractivity contribution in [3.63, 3.8) is 0 Å². The number of halogens is 2. The first-order chi connectivity index (χ1) is 31.9. The average Bonchev–Trinajstić information content (AvgIpc) is 3.96. The van der Waals surface area contributed by atoms with Crippen LogP contribution >= 0.6 is 11.3 Å². The van der Waals surface area contributed by atoms with E-state index in [9.17, 15) is 23.2 Å². The van der Waals surface area contributed by atoms with Crippen LogP contribution in [0.4, 0.5) is 19.3 Å². The number of esters is 1. The molecule has 3 amide bonds. The zero-order valence-electron chi connectivity index (χ0n) is 37.8. The molecule has 17 nitrogen and oxygen atoms in total. The molecule has 2 atom stereocenters. The van der Waals surface area contributed by atoms with Gasteiger partial charge in [-0.1, -0.05) is 26.7 Å². The topological polar surface area (TPSA) is 184 Å². The Morgan fingerprint density at radius 2 is 1.80 bits per heavy atom. The molecule has 66 heavy (non-hydrogen) atoms. The molecule has 8 rings (SSSR count). The van der Waals surface area contributed by atoms with Gasteiger partial charge in [0.05, 0.1) is 43.6 Å². The van der Waals surface area contributed by atoms with E-state index in [2.05, 4.69) is 40.5 Å². The lowest BCUT2D eigenvalue weighted by Gasteiger charge is -2.37. The van der Waals surface area contributed by atoms with E-state index in [1.54, 1.807) is 36.9 Å². The fourth-order valence-corrected chi connectivity index (χ4v) is 9.68. The van der Waals surface area contributed by atoms with Gasteiger partial charge in [-0.05, 0) is 31.2 Å². The number of carbonyl (C=O) groups excluding carboxylic acids is 3. The van der Waals surface area contributed by atoms with Crippen molar-refractivity contribution >= 4 is 40.8 Å². The summed E-state index contributed by atoms with van der Waals surface area (Å²) in [7, 11) is 1.36. The van der Waals surface area contributed by atoms with Gasteiger partial charge in [0.25, 0.3) is 0 Å². The zero-order chi connectivity index (χ0) is 46.4. The lowest BCUT2D eigenvalue weighted by Crippen LogP contribution is -2.53. The number of rotatable bonds is 18. The Kier molecular flexibility index (Phi) is 14.5. The smallest absolute Gasteiger partial charge is 0.337 e. The van der Waals surface area contributed by atoms with Gasteiger partial charge in [-0.15, -0.1) is 11.3 Å². The molecular weight excluding hydrogens is 871 g/mol. The molecule has 4 aliphatic rings. The molecule has 4 aromatic rings. The third-order valence-corrected chi connectivity index (χ3v) is 13.2. The number of nitrogens with zero attached hydrogens (tertiary/aromatic N) is 10. The average molecular weight is 927 g/mol. The number of anilines is 1. The number of ether oxygens (including phenoxy) is 2. The van der Waals surface area contributed by atoms with Crippen molar-refractivity contribution in [1.82, 2.24) is 50.3 Å². The van der Waals surface area contributed by atoms with Gasteiger partial charge in [0, 0.05) is 124 Å². The SMILES string of the molecule is COC(=O)C1=C(CN2CCN3C(=O)N(CC(C)(C)CC(=O)NCCCCCCOc4cc(N5CCc6nc(-c7ncccn7)ncc6C5C)cc(F)c4F)CC3C2)NC(c2nccs2)=NC1. The summed E-state index contributed by atoms with van der Waals surface area (Å²) < 4.78 is 40.6. The third kappa shape index (κ3) is 10.8. The largest absolute Gasteiger partial charge is 0.490 e. The number of hydrogen-bond donors (Lipinski definition) is 2. The lowest BCUT2D eigenvalue weighted by molar-refractivity contribution is -0.136. The summed E-state index contributed by atoms with van der Waals surface area (Å²) in [6.07, 6.45) is 10.6. The van der Waals surface area contributed by atoms with Crippen LogP contribution in [0.1, 0.15) is 75.2 Å². The second kappa shape index (κ2) is 20.6. The van der Waals surface area contributed by atoms with E-state index in [1.807, 2.05) is 40.9 Å². The molecule has 4 aliphatic heterocycles. The van der Waals surface area contributed by atoms with Crippen molar-refractivity contribution in [2.75, 3.05) is 77.5 Å². The predicted molar refractivity (Wildman–Crippen MR) is 244 cm³/mol. The molecule has 0 radical (unpaired) electrons. The second-order valence-corrected chi connectivity index (χ2v) is 18.7. The summed E-state index contributed by atoms with van der Waals surface area (Å²) >= 11 is 1.47. The molecule has 0 spiro atoms. The molecule has 2 N–H and O–H groups in total. The number of benzene rings is 1. The zero-order valence-corrected chi connectivity index (χ0v) is 38.6. The number of piperazine rings is 1. The van der Waals surface area contributed by atoms with Crippen LogP contribution < -0.4 is 20.3 Å².